The molecule has 1 unspecified atom stereocenters. The van der Waals surface area contributed by atoms with Crippen LogP contribution in [0.25, 0.3) is 10.8 Å². The standard InChI is InChI=1S/C18H19N7O2/c1-2-13(16(19)26)24-14-9-22-15(17(20)27)18(25-14)23-12-4-3-10-5-6-21-8-11(10)7-12/h3-9,13H,2H2,1H3,(H2,19,26)(H2,20,27)(H2,23,24,25). The van der Waals surface area contributed by atoms with Crippen molar-refractivity contribution in [1.82, 2.24) is 15.0 Å². The molecule has 0 saturated heterocycles. The molecule has 0 aliphatic heterocycles. The Kier molecular flexibility index (Phi) is 5.11. The zero-order valence-electron chi connectivity index (χ0n) is 14.6. The number of carbonyl (C=O) groups excluding carboxylic acids is 2. The maximum absolute atomic E-state index is 11.7. The van der Waals surface area contributed by atoms with E-state index in [1.54, 1.807) is 12.4 Å². The molecule has 0 aliphatic carbocycles. The Hall–Kier alpha value is -3.75. The number of carbonyl (C=O) groups is 2. The van der Waals surface area contributed by atoms with Gasteiger partial charge in [0.05, 0.1) is 6.20 Å². The molecule has 0 spiro atoms. The van der Waals surface area contributed by atoms with Crippen molar-refractivity contribution in [1.29, 1.82) is 0 Å². The SMILES string of the molecule is CCC(Nc1cnc(C(N)=O)c(Nc2ccc3ccncc3c2)n1)C(N)=O. The number of pyridine rings is 1. The Morgan fingerprint density at radius 1 is 1.15 bits per heavy atom. The van der Waals surface area contributed by atoms with Gasteiger partial charge in [0.2, 0.25) is 5.91 Å². The molecule has 0 radical (unpaired) electrons. The fraction of sp³-hybridized carbons (Fsp3) is 0.167. The average molecular weight is 365 g/mol. The largest absolute Gasteiger partial charge is 0.368 e. The predicted molar refractivity (Wildman–Crippen MR) is 102 cm³/mol. The quantitative estimate of drug-likeness (QED) is 0.496. The molecule has 6 N–H and O–H groups in total. The van der Waals surface area contributed by atoms with E-state index in [0.717, 1.165) is 10.8 Å². The van der Waals surface area contributed by atoms with Crippen molar-refractivity contribution in [3.05, 3.63) is 48.5 Å². The summed E-state index contributed by atoms with van der Waals surface area (Å²) in [6.45, 7) is 1.82. The van der Waals surface area contributed by atoms with Crippen LogP contribution in [0.1, 0.15) is 23.8 Å². The second-order valence-electron chi connectivity index (χ2n) is 5.89. The highest BCUT2D eigenvalue weighted by atomic mass is 16.1. The van der Waals surface area contributed by atoms with Crippen molar-refractivity contribution in [3.63, 3.8) is 0 Å². The summed E-state index contributed by atoms with van der Waals surface area (Å²) >= 11 is 0. The zero-order valence-corrected chi connectivity index (χ0v) is 14.6. The molecule has 3 aromatic rings. The lowest BCUT2D eigenvalue weighted by Gasteiger charge is -2.16. The Labute approximate surface area is 155 Å². The first-order valence-corrected chi connectivity index (χ1v) is 8.31. The second-order valence-corrected chi connectivity index (χ2v) is 5.89. The number of nitrogens with two attached hydrogens (primary N) is 2. The lowest BCUT2D eigenvalue weighted by Crippen LogP contribution is -2.35. The topological polar surface area (TPSA) is 149 Å². The molecule has 3 rings (SSSR count). The fourth-order valence-electron chi connectivity index (χ4n) is 2.58. The van der Waals surface area contributed by atoms with E-state index in [-0.39, 0.29) is 11.5 Å². The molecule has 0 fully saturated rings. The Balaban J connectivity index is 1.94. The molecule has 0 bridgehead atoms. The van der Waals surface area contributed by atoms with Crippen molar-refractivity contribution in [2.45, 2.75) is 19.4 Å². The highest BCUT2D eigenvalue weighted by Gasteiger charge is 2.17. The van der Waals surface area contributed by atoms with Crippen molar-refractivity contribution in [2.75, 3.05) is 10.6 Å². The van der Waals surface area contributed by atoms with Gasteiger partial charge in [0.25, 0.3) is 5.91 Å². The lowest BCUT2D eigenvalue weighted by atomic mass is 10.1. The summed E-state index contributed by atoms with van der Waals surface area (Å²) in [5.41, 5.74) is 11.4. The van der Waals surface area contributed by atoms with E-state index in [1.807, 2.05) is 31.2 Å². The third-order valence-corrected chi connectivity index (χ3v) is 3.98. The first-order chi connectivity index (χ1) is 13.0. The van der Waals surface area contributed by atoms with Gasteiger partial charge >= 0.3 is 0 Å². The van der Waals surface area contributed by atoms with Gasteiger partial charge in [0.15, 0.2) is 11.5 Å². The Bertz CT molecular complexity index is 1010. The summed E-state index contributed by atoms with van der Waals surface area (Å²) in [4.78, 5) is 35.6. The van der Waals surface area contributed by atoms with Crippen molar-refractivity contribution in [2.24, 2.45) is 11.5 Å². The number of benzene rings is 1. The van der Waals surface area contributed by atoms with E-state index in [9.17, 15) is 9.59 Å². The Morgan fingerprint density at radius 2 is 1.96 bits per heavy atom. The second kappa shape index (κ2) is 7.65. The first-order valence-electron chi connectivity index (χ1n) is 8.31. The minimum absolute atomic E-state index is 0.0149. The molecule has 27 heavy (non-hydrogen) atoms. The number of hydrogen-bond donors (Lipinski definition) is 4. The van der Waals surface area contributed by atoms with E-state index in [0.29, 0.717) is 17.9 Å². The minimum Gasteiger partial charge on any atom is -0.368 e. The van der Waals surface area contributed by atoms with E-state index < -0.39 is 17.9 Å². The minimum atomic E-state index is -0.721. The van der Waals surface area contributed by atoms with Crippen LogP contribution < -0.4 is 22.1 Å². The third kappa shape index (κ3) is 4.09. The zero-order chi connectivity index (χ0) is 19.4. The maximum Gasteiger partial charge on any atom is 0.271 e. The summed E-state index contributed by atoms with van der Waals surface area (Å²) in [5.74, 6) is -0.749. The van der Waals surface area contributed by atoms with Crippen LogP contribution in [0.5, 0.6) is 0 Å². The molecular formula is C18H19N7O2. The van der Waals surface area contributed by atoms with Gasteiger partial charge in [-0.15, -0.1) is 0 Å². The monoisotopic (exact) mass is 365 g/mol. The van der Waals surface area contributed by atoms with Crippen LogP contribution in [0.15, 0.2) is 42.9 Å². The van der Waals surface area contributed by atoms with Crippen molar-refractivity contribution in [3.8, 4) is 0 Å². The van der Waals surface area contributed by atoms with E-state index >= 15 is 0 Å². The van der Waals surface area contributed by atoms with Gasteiger partial charge in [-0.2, -0.15) is 0 Å². The van der Waals surface area contributed by atoms with E-state index in [2.05, 4.69) is 25.6 Å². The highest BCUT2D eigenvalue weighted by molar-refractivity contribution is 5.97. The van der Waals surface area contributed by atoms with Crippen LogP contribution in [-0.2, 0) is 4.79 Å². The number of fused-ring (bicyclic) bond motifs is 1. The summed E-state index contributed by atoms with van der Waals surface area (Å²) in [7, 11) is 0. The number of aromatic nitrogens is 3. The van der Waals surface area contributed by atoms with E-state index in [1.165, 1.54) is 6.20 Å². The number of nitrogens with one attached hydrogen (secondary N) is 2. The van der Waals surface area contributed by atoms with Gasteiger partial charge < -0.3 is 22.1 Å². The summed E-state index contributed by atoms with van der Waals surface area (Å²) in [5, 5.41) is 7.90. The van der Waals surface area contributed by atoms with Crippen molar-refractivity contribution >= 4 is 39.9 Å². The van der Waals surface area contributed by atoms with Crippen molar-refractivity contribution < 1.29 is 9.59 Å². The molecule has 1 aromatic carbocycles. The molecule has 0 aliphatic rings. The number of primary amides is 2. The number of anilines is 3. The van der Waals surface area contributed by atoms with Gasteiger partial charge in [0.1, 0.15) is 11.9 Å². The van der Waals surface area contributed by atoms with Gasteiger partial charge in [-0.3, -0.25) is 14.6 Å². The van der Waals surface area contributed by atoms with Crippen LogP contribution in [0.2, 0.25) is 0 Å². The summed E-state index contributed by atoms with van der Waals surface area (Å²) in [6, 6.07) is 6.92. The van der Waals surface area contributed by atoms with Gasteiger partial charge in [-0.1, -0.05) is 13.0 Å². The number of rotatable bonds is 7. The first kappa shape index (κ1) is 18.1. The summed E-state index contributed by atoms with van der Waals surface area (Å²) < 4.78 is 0. The molecule has 0 saturated carbocycles. The molecule has 2 heterocycles. The van der Waals surface area contributed by atoms with Crippen LogP contribution in [0.4, 0.5) is 17.3 Å². The number of nitrogens with zero attached hydrogens (tertiary/aromatic N) is 3. The van der Waals surface area contributed by atoms with Crippen LogP contribution in [0, 0.1) is 0 Å². The van der Waals surface area contributed by atoms with Crippen LogP contribution >= 0.6 is 0 Å². The maximum atomic E-state index is 11.7. The van der Waals surface area contributed by atoms with Gasteiger partial charge in [-0.05, 0) is 30.0 Å². The molecule has 138 valence electrons. The number of hydrogen-bond acceptors (Lipinski definition) is 7. The molecule has 2 amide bonds. The predicted octanol–water partition coefficient (Wildman–Crippen LogP) is 1.54. The average Bonchev–Trinajstić information content (AvgIpc) is 2.65. The smallest absolute Gasteiger partial charge is 0.271 e. The molecule has 9 nitrogen and oxygen atoms in total. The third-order valence-electron chi connectivity index (χ3n) is 3.98. The van der Waals surface area contributed by atoms with Crippen LogP contribution in [-0.4, -0.2) is 32.8 Å². The molecular weight excluding hydrogens is 346 g/mol. The van der Waals surface area contributed by atoms with Gasteiger partial charge in [0, 0.05) is 23.5 Å². The Morgan fingerprint density at radius 3 is 2.67 bits per heavy atom. The number of amides is 2. The van der Waals surface area contributed by atoms with Crippen LogP contribution in [0.3, 0.4) is 0 Å². The highest BCUT2D eigenvalue weighted by Crippen LogP contribution is 2.23. The molecule has 9 heteroatoms. The fourth-order valence-corrected chi connectivity index (χ4v) is 2.58. The normalized spacial score (nSPS) is 11.7. The lowest BCUT2D eigenvalue weighted by molar-refractivity contribution is -0.118. The molecule has 2 aromatic heterocycles. The van der Waals surface area contributed by atoms with E-state index in [4.69, 9.17) is 11.5 Å². The molecule has 1 atom stereocenters. The van der Waals surface area contributed by atoms with Gasteiger partial charge in [-0.25, -0.2) is 9.97 Å². The summed E-state index contributed by atoms with van der Waals surface area (Å²) in [6.07, 6.45) is 5.26.